The highest BCUT2D eigenvalue weighted by atomic mass is 79.9. The van der Waals surface area contributed by atoms with Crippen molar-refractivity contribution in [1.82, 2.24) is 0 Å². The highest BCUT2D eigenvalue weighted by Crippen LogP contribution is 2.31. The van der Waals surface area contributed by atoms with E-state index in [4.69, 9.17) is 9.47 Å². The van der Waals surface area contributed by atoms with Crippen molar-refractivity contribution in [3.8, 4) is 11.5 Å². The molecule has 2 rings (SSSR count). The molecule has 0 saturated heterocycles. The van der Waals surface area contributed by atoms with E-state index in [1.807, 2.05) is 6.07 Å². The van der Waals surface area contributed by atoms with E-state index in [0.717, 1.165) is 44.0 Å². The van der Waals surface area contributed by atoms with Crippen LogP contribution in [0.5, 0.6) is 11.5 Å². The van der Waals surface area contributed by atoms with Gasteiger partial charge in [0.15, 0.2) is 11.5 Å². The first-order valence-electron chi connectivity index (χ1n) is 6.32. The lowest BCUT2D eigenvalue weighted by Gasteiger charge is -2.10. The molecule has 1 heterocycles. The molecular formula is C14H19BrO2. The molecule has 0 N–H and O–H groups in total. The second-order valence-corrected chi connectivity index (χ2v) is 5.67. The molecule has 1 aliphatic rings. The van der Waals surface area contributed by atoms with Gasteiger partial charge in [-0.1, -0.05) is 28.9 Å². The van der Waals surface area contributed by atoms with E-state index < -0.39 is 0 Å². The number of benzene rings is 1. The van der Waals surface area contributed by atoms with Crippen LogP contribution in [0, 0.1) is 0 Å². The van der Waals surface area contributed by atoms with Gasteiger partial charge in [0.2, 0.25) is 0 Å². The first-order chi connectivity index (χ1) is 8.29. The van der Waals surface area contributed by atoms with E-state index in [0.29, 0.717) is 4.83 Å². The smallest absolute Gasteiger partial charge is 0.161 e. The van der Waals surface area contributed by atoms with Crippen LogP contribution in [0.15, 0.2) is 18.2 Å². The van der Waals surface area contributed by atoms with Crippen LogP contribution in [0.1, 0.15) is 31.7 Å². The summed E-state index contributed by atoms with van der Waals surface area (Å²) in [7, 11) is 0. The molecule has 0 amide bonds. The summed E-state index contributed by atoms with van der Waals surface area (Å²) in [6.07, 6.45) is 4.38. The van der Waals surface area contributed by atoms with Crippen LogP contribution in [0.2, 0.25) is 0 Å². The van der Waals surface area contributed by atoms with Gasteiger partial charge in [-0.3, -0.25) is 0 Å². The molecule has 1 aromatic rings. The number of hydrogen-bond donors (Lipinski definition) is 0. The second kappa shape index (κ2) is 6.29. The topological polar surface area (TPSA) is 18.5 Å². The minimum atomic E-state index is 0.610. The summed E-state index contributed by atoms with van der Waals surface area (Å²) in [6, 6.07) is 6.30. The third kappa shape index (κ3) is 3.63. The predicted octanol–water partition coefficient (Wildman–Crippen LogP) is 3.95. The maximum atomic E-state index is 5.69. The maximum Gasteiger partial charge on any atom is 0.161 e. The van der Waals surface area contributed by atoms with Gasteiger partial charge in [0.05, 0.1) is 13.2 Å². The van der Waals surface area contributed by atoms with Gasteiger partial charge in [0, 0.05) is 11.2 Å². The van der Waals surface area contributed by atoms with Gasteiger partial charge in [0.25, 0.3) is 0 Å². The fourth-order valence-corrected chi connectivity index (χ4v) is 2.12. The summed E-state index contributed by atoms with van der Waals surface area (Å²) < 4.78 is 11.3. The van der Waals surface area contributed by atoms with Gasteiger partial charge < -0.3 is 9.47 Å². The van der Waals surface area contributed by atoms with Gasteiger partial charge in [-0.05, 0) is 37.0 Å². The number of halogens is 1. The summed E-state index contributed by atoms with van der Waals surface area (Å²) in [5, 5.41) is 0. The summed E-state index contributed by atoms with van der Waals surface area (Å²) in [5.41, 5.74) is 1.33. The van der Waals surface area contributed by atoms with Crippen LogP contribution in [-0.4, -0.2) is 18.0 Å². The molecule has 1 aliphatic heterocycles. The molecule has 0 radical (unpaired) electrons. The first kappa shape index (κ1) is 12.7. The second-order valence-electron chi connectivity index (χ2n) is 4.38. The predicted molar refractivity (Wildman–Crippen MR) is 73.4 cm³/mol. The Morgan fingerprint density at radius 1 is 1.24 bits per heavy atom. The van der Waals surface area contributed by atoms with Crippen LogP contribution >= 0.6 is 15.9 Å². The van der Waals surface area contributed by atoms with E-state index in [2.05, 4.69) is 35.0 Å². The van der Waals surface area contributed by atoms with Crippen molar-refractivity contribution in [3.63, 3.8) is 0 Å². The number of aryl methyl sites for hydroxylation is 1. The van der Waals surface area contributed by atoms with Gasteiger partial charge in [0.1, 0.15) is 0 Å². The standard InChI is InChI=1S/C14H19BrO2/c1-2-12(15)6-4-11-5-7-13-14(10-11)17-9-3-8-16-13/h5,7,10,12H,2-4,6,8-9H2,1H3. The van der Waals surface area contributed by atoms with Crippen molar-refractivity contribution in [1.29, 1.82) is 0 Å². The SMILES string of the molecule is CCC(Br)CCc1ccc2c(c1)OCCCO2. The summed E-state index contributed by atoms with van der Waals surface area (Å²) in [5.74, 6) is 1.79. The number of hydrogen-bond acceptors (Lipinski definition) is 2. The normalized spacial score (nSPS) is 16.4. The molecule has 3 heteroatoms. The van der Waals surface area contributed by atoms with E-state index in [9.17, 15) is 0 Å². The van der Waals surface area contributed by atoms with Crippen molar-refractivity contribution >= 4 is 15.9 Å². The lowest BCUT2D eigenvalue weighted by molar-refractivity contribution is 0.297. The number of ether oxygens (including phenoxy) is 2. The van der Waals surface area contributed by atoms with Crippen LogP contribution < -0.4 is 9.47 Å². The Labute approximate surface area is 111 Å². The van der Waals surface area contributed by atoms with Crippen molar-refractivity contribution in [2.45, 2.75) is 37.4 Å². The minimum absolute atomic E-state index is 0.610. The van der Waals surface area contributed by atoms with E-state index in [-0.39, 0.29) is 0 Å². The molecule has 0 spiro atoms. The van der Waals surface area contributed by atoms with Crippen molar-refractivity contribution in [2.75, 3.05) is 13.2 Å². The van der Waals surface area contributed by atoms with Gasteiger partial charge >= 0.3 is 0 Å². The Morgan fingerprint density at radius 3 is 2.76 bits per heavy atom. The molecule has 0 bridgehead atoms. The third-order valence-corrected chi connectivity index (χ3v) is 4.11. The van der Waals surface area contributed by atoms with E-state index in [1.54, 1.807) is 0 Å². The lowest BCUT2D eigenvalue weighted by atomic mass is 10.1. The van der Waals surface area contributed by atoms with Gasteiger partial charge in [-0.15, -0.1) is 0 Å². The molecule has 1 unspecified atom stereocenters. The molecule has 17 heavy (non-hydrogen) atoms. The molecular weight excluding hydrogens is 280 g/mol. The van der Waals surface area contributed by atoms with Crippen LogP contribution in [0.4, 0.5) is 0 Å². The molecule has 2 nitrogen and oxygen atoms in total. The fraction of sp³-hybridized carbons (Fsp3) is 0.571. The number of rotatable bonds is 4. The fourth-order valence-electron chi connectivity index (χ4n) is 1.89. The Bertz CT molecular complexity index is 365. The van der Waals surface area contributed by atoms with E-state index in [1.165, 1.54) is 12.0 Å². The molecule has 0 saturated carbocycles. The molecule has 0 aromatic heterocycles. The zero-order valence-corrected chi connectivity index (χ0v) is 11.8. The summed E-state index contributed by atoms with van der Waals surface area (Å²) in [6.45, 7) is 3.71. The van der Waals surface area contributed by atoms with Gasteiger partial charge in [-0.25, -0.2) is 0 Å². The molecule has 1 aromatic carbocycles. The Morgan fingerprint density at radius 2 is 2.00 bits per heavy atom. The average Bonchev–Trinajstić information content (AvgIpc) is 2.60. The zero-order chi connectivity index (χ0) is 12.1. The van der Waals surface area contributed by atoms with Crippen LogP contribution in [-0.2, 0) is 6.42 Å². The van der Waals surface area contributed by atoms with Gasteiger partial charge in [-0.2, -0.15) is 0 Å². The van der Waals surface area contributed by atoms with Crippen molar-refractivity contribution < 1.29 is 9.47 Å². The molecule has 94 valence electrons. The monoisotopic (exact) mass is 298 g/mol. The highest BCUT2D eigenvalue weighted by Gasteiger charge is 2.11. The maximum absolute atomic E-state index is 5.69. The Hall–Kier alpha value is -0.700. The number of fused-ring (bicyclic) bond motifs is 1. The van der Waals surface area contributed by atoms with Crippen molar-refractivity contribution in [3.05, 3.63) is 23.8 Å². The lowest BCUT2D eigenvalue weighted by Crippen LogP contribution is -1.99. The van der Waals surface area contributed by atoms with Crippen molar-refractivity contribution in [2.24, 2.45) is 0 Å². The largest absolute Gasteiger partial charge is 0.490 e. The Kier molecular flexibility index (Phi) is 4.72. The first-order valence-corrected chi connectivity index (χ1v) is 7.23. The minimum Gasteiger partial charge on any atom is -0.490 e. The van der Waals surface area contributed by atoms with E-state index >= 15 is 0 Å². The number of alkyl halides is 1. The quantitative estimate of drug-likeness (QED) is 0.784. The zero-order valence-electron chi connectivity index (χ0n) is 10.2. The molecule has 0 aliphatic carbocycles. The summed E-state index contributed by atoms with van der Waals surface area (Å²) >= 11 is 3.67. The van der Waals surface area contributed by atoms with Crippen LogP contribution in [0.3, 0.4) is 0 Å². The Balaban J connectivity index is 2.02. The average molecular weight is 299 g/mol. The summed E-state index contributed by atoms with van der Waals surface area (Å²) in [4.78, 5) is 0.610. The third-order valence-electron chi connectivity index (χ3n) is 3.00. The van der Waals surface area contributed by atoms with Crippen LogP contribution in [0.25, 0.3) is 0 Å². The molecule has 1 atom stereocenters. The highest BCUT2D eigenvalue weighted by molar-refractivity contribution is 9.09. The molecule has 0 fully saturated rings.